The lowest BCUT2D eigenvalue weighted by Gasteiger charge is -2.16. The summed E-state index contributed by atoms with van der Waals surface area (Å²) in [6.45, 7) is 3.30. The summed E-state index contributed by atoms with van der Waals surface area (Å²) in [6.07, 6.45) is 1.25. The standard InChI is InChI=1S/C18H20N2S/c19-18(21)16-8-6-14(7-9-16)12-20-11-10-17(13-20)15-4-2-1-3-5-15/h1-9,17H,10-13H2,(H2,19,21). The molecule has 1 unspecified atom stereocenters. The predicted molar refractivity (Wildman–Crippen MR) is 91.4 cm³/mol. The molecular weight excluding hydrogens is 276 g/mol. The molecule has 0 radical (unpaired) electrons. The first-order valence-corrected chi connectivity index (χ1v) is 7.79. The Morgan fingerprint density at radius 3 is 2.48 bits per heavy atom. The van der Waals surface area contributed by atoms with Crippen molar-refractivity contribution in [3.63, 3.8) is 0 Å². The molecule has 0 spiro atoms. The molecule has 0 amide bonds. The normalized spacial score (nSPS) is 18.8. The maximum absolute atomic E-state index is 5.63. The lowest BCUT2D eigenvalue weighted by Crippen LogP contribution is -2.19. The van der Waals surface area contributed by atoms with E-state index < -0.39 is 0 Å². The average molecular weight is 296 g/mol. The number of rotatable bonds is 4. The first-order chi connectivity index (χ1) is 10.2. The molecule has 1 aliphatic rings. The number of hydrogen-bond acceptors (Lipinski definition) is 2. The summed E-state index contributed by atoms with van der Waals surface area (Å²) >= 11 is 4.99. The van der Waals surface area contributed by atoms with Gasteiger partial charge in [-0.2, -0.15) is 0 Å². The van der Waals surface area contributed by atoms with Crippen LogP contribution in [0.5, 0.6) is 0 Å². The Balaban J connectivity index is 1.61. The van der Waals surface area contributed by atoms with Crippen LogP contribution in [0, 0.1) is 0 Å². The van der Waals surface area contributed by atoms with Crippen molar-refractivity contribution in [1.82, 2.24) is 4.90 Å². The van der Waals surface area contributed by atoms with E-state index in [2.05, 4.69) is 47.4 Å². The van der Waals surface area contributed by atoms with E-state index in [9.17, 15) is 0 Å². The summed E-state index contributed by atoms with van der Waals surface area (Å²) in [5.74, 6) is 0.669. The largest absolute Gasteiger partial charge is 0.389 e. The van der Waals surface area contributed by atoms with Crippen LogP contribution in [0.1, 0.15) is 29.0 Å². The molecule has 2 aromatic rings. The first-order valence-electron chi connectivity index (χ1n) is 7.38. The second-order valence-corrected chi connectivity index (χ2v) is 6.13. The number of benzene rings is 2. The van der Waals surface area contributed by atoms with Crippen LogP contribution in [0.4, 0.5) is 0 Å². The van der Waals surface area contributed by atoms with E-state index in [4.69, 9.17) is 18.0 Å². The van der Waals surface area contributed by atoms with E-state index in [-0.39, 0.29) is 0 Å². The van der Waals surface area contributed by atoms with Crippen LogP contribution in [0.2, 0.25) is 0 Å². The summed E-state index contributed by atoms with van der Waals surface area (Å²) in [4.78, 5) is 2.99. The highest BCUT2D eigenvalue weighted by Gasteiger charge is 2.23. The summed E-state index contributed by atoms with van der Waals surface area (Å²) in [6, 6.07) is 19.1. The van der Waals surface area contributed by atoms with Crippen LogP contribution in [-0.2, 0) is 6.54 Å². The van der Waals surface area contributed by atoms with Gasteiger partial charge in [0, 0.05) is 18.7 Å². The summed E-state index contributed by atoms with van der Waals surface area (Å²) in [5, 5.41) is 0. The number of nitrogens with two attached hydrogens (primary N) is 1. The molecule has 0 aliphatic carbocycles. The SMILES string of the molecule is NC(=S)c1ccc(CN2CCC(c3ccccc3)C2)cc1. The predicted octanol–water partition coefficient (Wildman–Crippen LogP) is 3.31. The number of hydrogen-bond donors (Lipinski definition) is 1. The first kappa shape index (κ1) is 14.2. The third-order valence-corrected chi connectivity index (χ3v) is 4.42. The Kier molecular flexibility index (Phi) is 4.32. The van der Waals surface area contributed by atoms with E-state index >= 15 is 0 Å². The van der Waals surface area contributed by atoms with Crippen LogP contribution in [0.15, 0.2) is 54.6 Å². The van der Waals surface area contributed by atoms with Crippen molar-refractivity contribution in [2.75, 3.05) is 13.1 Å². The van der Waals surface area contributed by atoms with Gasteiger partial charge >= 0.3 is 0 Å². The quantitative estimate of drug-likeness (QED) is 0.878. The van der Waals surface area contributed by atoms with E-state index in [0.29, 0.717) is 10.9 Å². The lowest BCUT2D eigenvalue weighted by molar-refractivity contribution is 0.327. The molecule has 21 heavy (non-hydrogen) atoms. The van der Waals surface area contributed by atoms with Crippen LogP contribution in [0.3, 0.4) is 0 Å². The Bertz CT molecular complexity index is 607. The summed E-state index contributed by atoms with van der Waals surface area (Å²) in [7, 11) is 0. The minimum Gasteiger partial charge on any atom is -0.389 e. The fraction of sp³-hybridized carbons (Fsp3) is 0.278. The molecule has 2 aromatic carbocycles. The number of likely N-dealkylation sites (tertiary alicyclic amines) is 1. The monoisotopic (exact) mass is 296 g/mol. The van der Waals surface area contributed by atoms with E-state index in [1.807, 2.05) is 12.1 Å². The van der Waals surface area contributed by atoms with Crippen molar-refractivity contribution in [1.29, 1.82) is 0 Å². The highest BCUT2D eigenvalue weighted by Crippen LogP contribution is 2.27. The molecule has 1 fully saturated rings. The fourth-order valence-electron chi connectivity index (χ4n) is 3.01. The Hall–Kier alpha value is -1.71. The zero-order valence-corrected chi connectivity index (χ0v) is 12.9. The fourth-order valence-corrected chi connectivity index (χ4v) is 3.14. The molecule has 2 nitrogen and oxygen atoms in total. The molecule has 3 heteroatoms. The molecule has 0 bridgehead atoms. The minimum atomic E-state index is 0.465. The lowest BCUT2D eigenvalue weighted by atomic mass is 9.99. The van der Waals surface area contributed by atoms with Crippen molar-refractivity contribution in [3.05, 3.63) is 71.3 Å². The van der Waals surface area contributed by atoms with Gasteiger partial charge in [0.15, 0.2) is 0 Å². The third kappa shape index (κ3) is 3.49. The van der Waals surface area contributed by atoms with Crippen molar-refractivity contribution in [2.24, 2.45) is 5.73 Å². The Morgan fingerprint density at radius 1 is 1.10 bits per heavy atom. The molecule has 0 aromatic heterocycles. The second kappa shape index (κ2) is 6.37. The third-order valence-electron chi connectivity index (χ3n) is 4.19. The molecule has 3 rings (SSSR count). The maximum atomic E-state index is 5.63. The second-order valence-electron chi connectivity index (χ2n) is 5.69. The van der Waals surface area contributed by atoms with Gasteiger partial charge < -0.3 is 5.73 Å². The van der Waals surface area contributed by atoms with Gasteiger partial charge in [0.1, 0.15) is 4.99 Å². The van der Waals surface area contributed by atoms with Gasteiger partial charge in [-0.1, -0.05) is 66.8 Å². The Labute approximate surface area is 131 Å². The van der Waals surface area contributed by atoms with Gasteiger partial charge in [-0.3, -0.25) is 4.90 Å². The van der Waals surface area contributed by atoms with Crippen LogP contribution < -0.4 is 5.73 Å². The van der Waals surface area contributed by atoms with Gasteiger partial charge in [0.25, 0.3) is 0 Å². The highest BCUT2D eigenvalue weighted by molar-refractivity contribution is 7.80. The van der Waals surface area contributed by atoms with Crippen molar-refractivity contribution >= 4 is 17.2 Å². The molecule has 1 aliphatic heterocycles. The van der Waals surface area contributed by atoms with Crippen LogP contribution >= 0.6 is 12.2 Å². The van der Waals surface area contributed by atoms with Gasteiger partial charge in [-0.15, -0.1) is 0 Å². The van der Waals surface area contributed by atoms with E-state index in [0.717, 1.165) is 25.2 Å². The molecular formula is C18H20N2S. The molecule has 1 atom stereocenters. The van der Waals surface area contributed by atoms with Gasteiger partial charge in [0.2, 0.25) is 0 Å². The van der Waals surface area contributed by atoms with Crippen LogP contribution in [-0.4, -0.2) is 23.0 Å². The number of thiocarbonyl (C=S) groups is 1. The smallest absolute Gasteiger partial charge is 0.103 e. The van der Waals surface area contributed by atoms with Crippen molar-refractivity contribution in [3.8, 4) is 0 Å². The molecule has 0 saturated carbocycles. The molecule has 2 N–H and O–H groups in total. The van der Waals surface area contributed by atoms with Gasteiger partial charge in [-0.05, 0) is 30.0 Å². The zero-order chi connectivity index (χ0) is 14.7. The highest BCUT2D eigenvalue weighted by atomic mass is 32.1. The Morgan fingerprint density at radius 2 is 1.81 bits per heavy atom. The zero-order valence-electron chi connectivity index (χ0n) is 12.0. The summed E-state index contributed by atoms with van der Waals surface area (Å²) in [5.41, 5.74) is 9.36. The number of nitrogens with zero attached hydrogens (tertiary/aromatic N) is 1. The maximum Gasteiger partial charge on any atom is 0.103 e. The van der Waals surface area contributed by atoms with E-state index in [1.165, 1.54) is 17.5 Å². The van der Waals surface area contributed by atoms with Gasteiger partial charge in [0.05, 0.1) is 0 Å². The van der Waals surface area contributed by atoms with E-state index in [1.54, 1.807) is 0 Å². The minimum absolute atomic E-state index is 0.465. The van der Waals surface area contributed by atoms with Gasteiger partial charge in [-0.25, -0.2) is 0 Å². The summed E-state index contributed by atoms with van der Waals surface area (Å²) < 4.78 is 0. The van der Waals surface area contributed by atoms with Crippen molar-refractivity contribution < 1.29 is 0 Å². The molecule has 1 heterocycles. The average Bonchev–Trinajstić information content (AvgIpc) is 2.97. The van der Waals surface area contributed by atoms with Crippen molar-refractivity contribution in [2.45, 2.75) is 18.9 Å². The van der Waals surface area contributed by atoms with Crippen LogP contribution in [0.25, 0.3) is 0 Å². The molecule has 1 saturated heterocycles. The topological polar surface area (TPSA) is 29.3 Å². The molecule has 108 valence electrons.